The second-order valence-corrected chi connectivity index (χ2v) is 3.22. The van der Waals surface area contributed by atoms with E-state index in [1.165, 1.54) is 5.92 Å². The van der Waals surface area contributed by atoms with Gasteiger partial charge in [0.25, 0.3) is 0 Å². The van der Waals surface area contributed by atoms with Gasteiger partial charge in [-0.05, 0) is 24.5 Å². The molecule has 0 unspecified atom stereocenters. The third-order valence-electron chi connectivity index (χ3n) is 1.31. The predicted octanol–water partition coefficient (Wildman–Crippen LogP) is 2.89. The first kappa shape index (κ1) is 8.54. The van der Waals surface area contributed by atoms with Crippen molar-refractivity contribution in [3.63, 3.8) is 0 Å². The number of hydrogen-bond donors (Lipinski definition) is 0. The lowest BCUT2D eigenvalue weighted by Gasteiger charge is -2.02. The third kappa shape index (κ3) is 2.89. The van der Waals surface area contributed by atoms with Crippen LogP contribution in [0, 0.1) is 5.92 Å². The Morgan fingerprint density at radius 2 is 2.18 bits per heavy atom. The Morgan fingerprint density at radius 1 is 1.45 bits per heavy atom. The van der Waals surface area contributed by atoms with Gasteiger partial charge in [-0.25, -0.2) is 4.98 Å². The molecule has 1 aromatic heterocycles. The van der Waals surface area contributed by atoms with Crippen molar-refractivity contribution < 1.29 is 0 Å². The molecule has 0 amide bonds. The van der Waals surface area contributed by atoms with E-state index in [2.05, 4.69) is 18.8 Å². The molecule has 0 saturated carbocycles. The molecule has 0 aromatic carbocycles. The highest BCUT2D eigenvalue weighted by molar-refractivity contribution is 6.29. The van der Waals surface area contributed by atoms with Crippen LogP contribution < -0.4 is 0 Å². The summed E-state index contributed by atoms with van der Waals surface area (Å²) < 4.78 is 0. The fraction of sp³-hybridized carbons (Fsp3) is 0.333. The molecular weight excluding hydrogens is 158 g/mol. The monoisotopic (exact) mass is 168 g/mol. The Hall–Kier alpha value is -0.560. The number of aromatic nitrogens is 1. The van der Waals surface area contributed by atoms with Gasteiger partial charge in [-0.15, -0.1) is 0 Å². The van der Waals surface area contributed by atoms with Gasteiger partial charge >= 0.3 is 0 Å². The van der Waals surface area contributed by atoms with Gasteiger partial charge in [0.1, 0.15) is 5.15 Å². The van der Waals surface area contributed by atoms with Crippen LogP contribution in [0.3, 0.4) is 0 Å². The average molecular weight is 169 g/mol. The minimum atomic E-state index is 0.573. The maximum Gasteiger partial charge on any atom is 0.129 e. The van der Waals surface area contributed by atoms with Crippen molar-refractivity contribution in [3.8, 4) is 0 Å². The van der Waals surface area contributed by atoms with Crippen LogP contribution in [-0.2, 0) is 6.42 Å². The van der Waals surface area contributed by atoms with Gasteiger partial charge in [0, 0.05) is 5.69 Å². The van der Waals surface area contributed by atoms with Crippen molar-refractivity contribution in [1.29, 1.82) is 0 Å². The SMILES string of the molecule is C[C](C)Cc1cccc(Cl)n1. The first-order valence-electron chi connectivity index (χ1n) is 3.59. The molecule has 59 valence electrons. The first-order chi connectivity index (χ1) is 5.18. The molecule has 11 heavy (non-hydrogen) atoms. The summed E-state index contributed by atoms with van der Waals surface area (Å²) in [5, 5.41) is 0.573. The van der Waals surface area contributed by atoms with E-state index in [0.717, 1.165) is 12.1 Å². The largest absolute Gasteiger partial charge is 0.241 e. The molecule has 1 radical (unpaired) electrons. The maximum absolute atomic E-state index is 5.71. The molecule has 0 fully saturated rings. The molecule has 0 aliphatic carbocycles. The molecule has 1 aromatic rings. The van der Waals surface area contributed by atoms with E-state index >= 15 is 0 Å². The molecule has 0 aliphatic heterocycles. The summed E-state index contributed by atoms with van der Waals surface area (Å²) in [5.41, 5.74) is 1.04. The molecular formula is C9H11ClN. The minimum Gasteiger partial charge on any atom is -0.241 e. The molecule has 0 aliphatic rings. The first-order valence-corrected chi connectivity index (χ1v) is 3.97. The zero-order valence-corrected chi connectivity index (χ0v) is 7.52. The molecule has 1 heterocycles. The van der Waals surface area contributed by atoms with Gasteiger partial charge in [0.2, 0.25) is 0 Å². The van der Waals surface area contributed by atoms with Crippen molar-refractivity contribution in [1.82, 2.24) is 4.98 Å². The number of rotatable bonds is 2. The van der Waals surface area contributed by atoms with E-state index in [9.17, 15) is 0 Å². The molecule has 0 bridgehead atoms. The minimum absolute atomic E-state index is 0.573. The smallest absolute Gasteiger partial charge is 0.129 e. The number of nitrogens with zero attached hydrogens (tertiary/aromatic N) is 1. The van der Waals surface area contributed by atoms with E-state index in [1.807, 2.05) is 12.1 Å². The van der Waals surface area contributed by atoms with Gasteiger partial charge in [0.05, 0.1) is 0 Å². The van der Waals surface area contributed by atoms with Crippen LogP contribution in [0.1, 0.15) is 19.5 Å². The molecule has 0 atom stereocenters. The number of halogens is 1. The van der Waals surface area contributed by atoms with E-state index in [0.29, 0.717) is 5.15 Å². The van der Waals surface area contributed by atoms with Crippen LogP contribution in [0.5, 0.6) is 0 Å². The summed E-state index contributed by atoms with van der Waals surface area (Å²) in [6.07, 6.45) is 0.917. The normalized spacial score (nSPS) is 10.5. The van der Waals surface area contributed by atoms with Gasteiger partial charge in [0.15, 0.2) is 0 Å². The van der Waals surface area contributed by atoms with Gasteiger partial charge in [-0.2, -0.15) is 0 Å². The standard InChI is InChI=1S/C9H11ClN/c1-7(2)6-8-4-3-5-9(10)11-8/h3-5H,6H2,1-2H3. The van der Waals surface area contributed by atoms with Gasteiger partial charge < -0.3 is 0 Å². The quantitative estimate of drug-likeness (QED) is 0.619. The summed E-state index contributed by atoms with van der Waals surface area (Å²) in [5.74, 6) is 1.35. The summed E-state index contributed by atoms with van der Waals surface area (Å²) >= 11 is 5.71. The predicted molar refractivity (Wildman–Crippen MR) is 47.5 cm³/mol. The van der Waals surface area contributed by atoms with E-state index in [4.69, 9.17) is 11.6 Å². The van der Waals surface area contributed by atoms with Crippen LogP contribution in [0.15, 0.2) is 18.2 Å². The van der Waals surface area contributed by atoms with E-state index in [1.54, 1.807) is 6.07 Å². The van der Waals surface area contributed by atoms with Crippen LogP contribution in [0.25, 0.3) is 0 Å². The summed E-state index contributed by atoms with van der Waals surface area (Å²) in [4.78, 5) is 4.16. The molecule has 0 N–H and O–H groups in total. The van der Waals surface area contributed by atoms with Crippen molar-refractivity contribution in [2.45, 2.75) is 20.3 Å². The topological polar surface area (TPSA) is 12.9 Å². The molecule has 1 nitrogen and oxygen atoms in total. The van der Waals surface area contributed by atoms with Crippen molar-refractivity contribution in [2.24, 2.45) is 0 Å². The molecule has 1 rings (SSSR count). The lowest BCUT2D eigenvalue weighted by Crippen LogP contribution is -1.94. The van der Waals surface area contributed by atoms with Crippen LogP contribution in [-0.4, -0.2) is 4.98 Å². The summed E-state index contributed by atoms with van der Waals surface area (Å²) in [7, 11) is 0. The molecule has 0 saturated heterocycles. The van der Waals surface area contributed by atoms with E-state index < -0.39 is 0 Å². The summed E-state index contributed by atoms with van der Waals surface area (Å²) in [6, 6.07) is 5.70. The van der Waals surface area contributed by atoms with E-state index in [-0.39, 0.29) is 0 Å². The van der Waals surface area contributed by atoms with Crippen LogP contribution in [0.4, 0.5) is 0 Å². The number of hydrogen-bond acceptors (Lipinski definition) is 1. The highest BCUT2D eigenvalue weighted by atomic mass is 35.5. The highest BCUT2D eigenvalue weighted by Gasteiger charge is 1.98. The zero-order chi connectivity index (χ0) is 8.27. The Kier molecular flexibility index (Phi) is 2.89. The average Bonchev–Trinajstić information content (AvgIpc) is 1.85. The zero-order valence-electron chi connectivity index (χ0n) is 6.76. The van der Waals surface area contributed by atoms with Crippen molar-refractivity contribution in [3.05, 3.63) is 35.0 Å². The van der Waals surface area contributed by atoms with Crippen LogP contribution >= 0.6 is 11.6 Å². The molecule has 2 heteroatoms. The van der Waals surface area contributed by atoms with Crippen LogP contribution in [0.2, 0.25) is 5.15 Å². The van der Waals surface area contributed by atoms with Crippen molar-refractivity contribution >= 4 is 11.6 Å². The van der Waals surface area contributed by atoms with Gasteiger partial charge in [-0.1, -0.05) is 31.5 Å². The van der Waals surface area contributed by atoms with Gasteiger partial charge in [-0.3, -0.25) is 0 Å². The second-order valence-electron chi connectivity index (χ2n) is 2.84. The fourth-order valence-corrected chi connectivity index (χ4v) is 1.09. The lowest BCUT2D eigenvalue weighted by atomic mass is 10.1. The third-order valence-corrected chi connectivity index (χ3v) is 1.52. The Morgan fingerprint density at radius 3 is 2.73 bits per heavy atom. The number of pyridine rings is 1. The molecule has 0 spiro atoms. The summed E-state index contributed by atoms with van der Waals surface area (Å²) in [6.45, 7) is 4.17. The Balaban J connectivity index is 2.71. The lowest BCUT2D eigenvalue weighted by molar-refractivity contribution is 0.916. The highest BCUT2D eigenvalue weighted by Crippen LogP contribution is 2.10. The maximum atomic E-state index is 5.71. The Labute approximate surface area is 72.4 Å². The fourth-order valence-electron chi connectivity index (χ4n) is 0.911. The second kappa shape index (κ2) is 3.72. The Bertz CT molecular complexity index is 233. The van der Waals surface area contributed by atoms with Crippen molar-refractivity contribution in [2.75, 3.05) is 0 Å².